The Morgan fingerprint density at radius 1 is 1.15 bits per heavy atom. The molecule has 2 aromatic heterocycles. The fourth-order valence-electron chi connectivity index (χ4n) is 2.94. The number of hydrogen-bond acceptors (Lipinski definition) is 6. The molecule has 4 rings (SSSR count). The number of piperazine rings is 1. The van der Waals surface area contributed by atoms with E-state index in [0.717, 1.165) is 21.3 Å². The average Bonchev–Trinajstić information content (AvgIpc) is 3.16. The predicted octanol–water partition coefficient (Wildman–Crippen LogP) is 1.84. The number of hydrogen-bond donors (Lipinski definition) is 1. The molecule has 0 spiro atoms. The van der Waals surface area contributed by atoms with Gasteiger partial charge in [-0.1, -0.05) is 15.9 Å². The molecule has 0 aliphatic carbocycles. The fraction of sp³-hybridized carbons (Fsp3) is 0.294. The summed E-state index contributed by atoms with van der Waals surface area (Å²) in [5.41, 5.74) is 0.719. The van der Waals surface area contributed by atoms with Crippen molar-refractivity contribution in [1.29, 1.82) is 0 Å². The van der Waals surface area contributed by atoms with Crippen molar-refractivity contribution in [3.8, 4) is 5.75 Å². The second-order valence-corrected chi connectivity index (χ2v) is 6.86. The first kappa shape index (κ1) is 16.8. The van der Waals surface area contributed by atoms with Crippen LogP contribution in [0.5, 0.6) is 5.75 Å². The van der Waals surface area contributed by atoms with Gasteiger partial charge in [-0.05, 0) is 24.3 Å². The van der Waals surface area contributed by atoms with E-state index in [1.54, 1.807) is 6.20 Å². The van der Waals surface area contributed by atoms with Gasteiger partial charge in [-0.3, -0.25) is 9.89 Å². The quantitative estimate of drug-likeness (QED) is 0.697. The number of nitrogens with one attached hydrogen (secondary N) is 1. The topological polar surface area (TPSA) is 87.2 Å². The summed E-state index contributed by atoms with van der Waals surface area (Å²) in [7, 11) is 0. The number of fused-ring (bicyclic) bond motifs is 1. The van der Waals surface area contributed by atoms with Gasteiger partial charge in [-0.25, -0.2) is 9.97 Å². The Kier molecular flexibility index (Phi) is 4.70. The third-order valence-corrected chi connectivity index (χ3v) is 4.86. The highest BCUT2D eigenvalue weighted by Crippen LogP contribution is 2.22. The maximum absolute atomic E-state index is 12.4. The normalized spacial score (nSPS) is 14.7. The number of H-pyrrole nitrogens is 1. The number of aromatic amines is 1. The first-order valence-corrected chi connectivity index (χ1v) is 9.05. The van der Waals surface area contributed by atoms with Crippen LogP contribution in [0.15, 0.2) is 41.3 Å². The zero-order valence-corrected chi connectivity index (χ0v) is 15.5. The van der Waals surface area contributed by atoms with Gasteiger partial charge < -0.3 is 14.5 Å². The monoisotopic (exact) mass is 416 g/mol. The number of carbonyl (C=O) groups excluding carboxylic acids is 1. The number of halogens is 1. The molecule has 1 amide bonds. The maximum Gasteiger partial charge on any atom is 0.260 e. The second-order valence-electron chi connectivity index (χ2n) is 5.94. The summed E-state index contributed by atoms with van der Waals surface area (Å²) in [5, 5.41) is 7.76. The molecular weight excluding hydrogens is 400 g/mol. The highest BCUT2D eigenvalue weighted by atomic mass is 79.9. The van der Waals surface area contributed by atoms with Crippen molar-refractivity contribution in [2.45, 2.75) is 0 Å². The van der Waals surface area contributed by atoms with E-state index in [-0.39, 0.29) is 12.5 Å². The molecule has 0 atom stereocenters. The van der Waals surface area contributed by atoms with Crippen LogP contribution in [-0.2, 0) is 4.79 Å². The van der Waals surface area contributed by atoms with Gasteiger partial charge in [0.25, 0.3) is 5.91 Å². The number of amides is 1. The molecule has 3 heterocycles. The van der Waals surface area contributed by atoms with Gasteiger partial charge >= 0.3 is 0 Å². The lowest BCUT2D eigenvalue weighted by Gasteiger charge is -2.35. The minimum Gasteiger partial charge on any atom is -0.484 e. The summed E-state index contributed by atoms with van der Waals surface area (Å²) in [6.45, 7) is 2.72. The minimum atomic E-state index is -0.0104. The van der Waals surface area contributed by atoms with Crippen molar-refractivity contribution in [2.75, 3.05) is 37.7 Å². The van der Waals surface area contributed by atoms with Crippen LogP contribution < -0.4 is 9.64 Å². The number of anilines is 1. The highest BCUT2D eigenvalue weighted by molar-refractivity contribution is 9.10. The van der Waals surface area contributed by atoms with Gasteiger partial charge in [0, 0.05) is 30.7 Å². The Hall–Kier alpha value is -2.68. The minimum absolute atomic E-state index is 0.0104. The van der Waals surface area contributed by atoms with Crippen LogP contribution in [0.4, 0.5) is 5.82 Å². The number of aromatic nitrogens is 4. The number of carbonyl (C=O) groups is 1. The maximum atomic E-state index is 12.4. The van der Waals surface area contributed by atoms with Crippen LogP contribution in [0, 0.1) is 0 Å². The number of nitrogens with zero attached hydrogens (tertiary/aromatic N) is 5. The number of ether oxygens (including phenoxy) is 1. The van der Waals surface area contributed by atoms with E-state index < -0.39 is 0 Å². The molecule has 0 radical (unpaired) electrons. The van der Waals surface area contributed by atoms with E-state index in [0.29, 0.717) is 31.9 Å². The summed E-state index contributed by atoms with van der Waals surface area (Å²) in [5.74, 6) is 1.52. The molecule has 9 heteroatoms. The molecule has 1 aliphatic rings. The SMILES string of the molecule is O=C(COc1ccc(Br)cc1)N1CCN(c2ncnc3[nH]ncc23)CC1. The summed E-state index contributed by atoms with van der Waals surface area (Å²) < 4.78 is 6.55. The molecule has 1 N–H and O–H groups in total. The van der Waals surface area contributed by atoms with Crippen molar-refractivity contribution in [3.63, 3.8) is 0 Å². The molecule has 1 aliphatic heterocycles. The van der Waals surface area contributed by atoms with Crippen molar-refractivity contribution in [1.82, 2.24) is 25.1 Å². The van der Waals surface area contributed by atoms with Crippen LogP contribution in [-0.4, -0.2) is 63.8 Å². The molecule has 1 aromatic carbocycles. The van der Waals surface area contributed by atoms with Crippen molar-refractivity contribution >= 4 is 38.7 Å². The molecule has 26 heavy (non-hydrogen) atoms. The number of benzene rings is 1. The molecule has 1 saturated heterocycles. The van der Waals surface area contributed by atoms with E-state index >= 15 is 0 Å². The lowest BCUT2D eigenvalue weighted by atomic mass is 10.2. The summed E-state index contributed by atoms with van der Waals surface area (Å²) in [6, 6.07) is 7.44. The summed E-state index contributed by atoms with van der Waals surface area (Å²) >= 11 is 3.38. The highest BCUT2D eigenvalue weighted by Gasteiger charge is 2.23. The summed E-state index contributed by atoms with van der Waals surface area (Å²) in [4.78, 5) is 24.9. The van der Waals surface area contributed by atoms with E-state index in [1.165, 1.54) is 6.33 Å². The largest absolute Gasteiger partial charge is 0.484 e. The van der Waals surface area contributed by atoms with Gasteiger partial charge in [0.05, 0.1) is 11.6 Å². The molecule has 0 bridgehead atoms. The molecule has 0 unspecified atom stereocenters. The smallest absolute Gasteiger partial charge is 0.260 e. The van der Waals surface area contributed by atoms with E-state index in [4.69, 9.17) is 4.74 Å². The van der Waals surface area contributed by atoms with Gasteiger partial charge in [0.2, 0.25) is 0 Å². The van der Waals surface area contributed by atoms with Gasteiger partial charge in [-0.2, -0.15) is 5.10 Å². The van der Waals surface area contributed by atoms with E-state index in [9.17, 15) is 4.79 Å². The van der Waals surface area contributed by atoms with Crippen LogP contribution in [0.25, 0.3) is 11.0 Å². The Labute approximate surface area is 158 Å². The van der Waals surface area contributed by atoms with Crippen LogP contribution in [0.3, 0.4) is 0 Å². The van der Waals surface area contributed by atoms with Gasteiger partial charge in [0.1, 0.15) is 17.9 Å². The third kappa shape index (κ3) is 3.48. The second kappa shape index (κ2) is 7.28. The standard InChI is InChI=1S/C17H17BrN6O2/c18-12-1-3-13(4-2-12)26-10-15(25)23-5-7-24(8-6-23)17-14-9-21-22-16(14)19-11-20-17/h1-4,9,11H,5-8,10H2,(H,19,20,21,22). The lowest BCUT2D eigenvalue weighted by molar-refractivity contribution is -0.133. The zero-order valence-electron chi connectivity index (χ0n) is 13.9. The van der Waals surface area contributed by atoms with E-state index in [1.807, 2.05) is 29.2 Å². The van der Waals surface area contributed by atoms with Gasteiger partial charge in [-0.15, -0.1) is 0 Å². The lowest BCUT2D eigenvalue weighted by Crippen LogP contribution is -2.50. The van der Waals surface area contributed by atoms with Crippen LogP contribution in [0.2, 0.25) is 0 Å². The third-order valence-electron chi connectivity index (χ3n) is 4.33. The first-order chi connectivity index (χ1) is 12.7. The van der Waals surface area contributed by atoms with E-state index in [2.05, 4.69) is 41.0 Å². The molecule has 8 nitrogen and oxygen atoms in total. The zero-order chi connectivity index (χ0) is 17.9. The average molecular weight is 417 g/mol. The molecule has 134 valence electrons. The first-order valence-electron chi connectivity index (χ1n) is 8.26. The van der Waals surface area contributed by atoms with Gasteiger partial charge in [0.15, 0.2) is 12.3 Å². The number of rotatable bonds is 4. The fourth-order valence-corrected chi connectivity index (χ4v) is 3.20. The Morgan fingerprint density at radius 3 is 2.69 bits per heavy atom. The van der Waals surface area contributed by atoms with Crippen molar-refractivity contribution in [2.24, 2.45) is 0 Å². The molecule has 0 saturated carbocycles. The molecule has 3 aromatic rings. The van der Waals surface area contributed by atoms with Crippen molar-refractivity contribution in [3.05, 3.63) is 41.3 Å². The molecule has 1 fully saturated rings. The summed E-state index contributed by atoms with van der Waals surface area (Å²) in [6.07, 6.45) is 3.26. The Bertz CT molecular complexity index is 905. The van der Waals surface area contributed by atoms with Crippen LogP contribution >= 0.6 is 15.9 Å². The predicted molar refractivity (Wildman–Crippen MR) is 100 cm³/mol. The van der Waals surface area contributed by atoms with Crippen LogP contribution in [0.1, 0.15) is 0 Å². The molecular formula is C17H17BrN6O2. The Balaban J connectivity index is 1.33. The Morgan fingerprint density at radius 2 is 1.92 bits per heavy atom. The van der Waals surface area contributed by atoms with Crippen molar-refractivity contribution < 1.29 is 9.53 Å².